The molecule has 1 aliphatic heterocycles. The Morgan fingerprint density at radius 3 is 2.71 bits per heavy atom. The van der Waals surface area contributed by atoms with Crippen molar-refractivity contribution in [3.63, 3.8) is 0 Å². The van der Waals surface area contributed by atoms with Crippen LogP contribution >= 0.6 is 28.3 Å². The lowest BCUT2D eigenvalue weighted by molar-refractivity contribution is -0.120. The van der Waals surface area contributed by atoms with Crippen molar-refractivity contribution < 1.29 is 9.53 Å². The molecule has 3 rings (SSSR count). The summed E-state index contributed by atoms with van der Waals surface area (Å²) in [7, 11) is 0. The van der Waals surface area contributed by atoms with Crippen molar-refractivity contribution >= 4 is 34.2 Å². The van der Waals surface area contributed by atoms with Crippen LogP contribution in [0, 0.1) is 5.92 Å². The molecule has 134 valence electrons. The van der Waals surface area contributed by atoms with Crippen LogP contribution in [-0.4, -0.2) is 38.8 Å². The first-order chi connectivity index (χ1) is 11.2. The number of halogens is 2. The number of amides is 1. The summed E-state index contributed by atoms with van der Waals surface area (Å²) >= 11 is 3.56. The molecular weight excluding hydrogens is 392 g/mol. The summed E-state index contributed by atoms with van der Waals surface area (Å²) in [5, 5.41) is 6.39. The second-order valence-electron chi connectivity index (χ2n) is 6.75. The Morgan fingerprint density at radius 2 is 2.04 bits per heavy atom. The average Bonchev–Trinajstić information content (AvgIpc) is 3.38. The van der Waals surface area contributed by atoms with Gasteiger partial charge in [-0.3, -0.25) is 4.79 Å². The molecule has 2 fully saturated rings. The summed E-state index contributed by atoms with van der Waals surface area (Å²) in [6, 6.07) is 8.43. The highest BCUT2D eigenvalue weighted by atomic mass is 79.9. The van der Waals surface area contributed by atoms with Gasteiger partial charge in [-0.15, -0.1) is 12.4 Å². The number of benzene rings is 1. The van der Waals surface area contributed by atoms with Gasteiger partial charge in [0.25, 0.3) is 0 Å². The Bertz CT molecular complexity index is 546. The smallest absolute Gasteiger partial charge is 0.233 e. The number of carbonyl (C=O) groups excluding carboxylic acids is 1. The average molecular weight is 418 g/mol. The molecule has 0 atom stereocenters. The molecule has 1 saturated carbocycles. The van der Waals surface area contributed by atoms with E-state index in [1.54, 1.807) is 0 Å². The summed E-state index contributed by atoms with van der Waals surface area (Å²) in [4.78, 5) is 12.1. The van der Waals surface area contributed by atoms with Crippen molar-refractivity contribution in [2.75, 3.05) is 32.8 Å². The Balaban J connectivity index is 0.00000208. The van der Waals surface area contributed by atoms with Crippen molar-refractivity contribution in [1.82, 2.24) is 10.6 Å². The highest BCUT2D eigenvalue weighted by Crippen LogP contribution is 2.35. The van der Waals surface area contributed by atoms with Crippen LogP contribution in [0.4, 0.5) is 0 Å². The van der Waals surface area contributed by atoms with Gasteiger partial charge in [-0.25, -0.2) is 0 Å². The molecule has 2 aliphatic rings. The second kappa shape index (κ2) is 9.18. The lowest BCUT2D eigenvalue weighted by Gasteiger charge is -2.38. The summed E-state index contributed by atoms with van der Waals surface area (Å²) in [6.07, 6.45) is 4.50. The van der Waals surface area contributed by atoms with E-state index < -0.39 is 0 Å². The zero-order valence-electron chi connectivity index (χ0n) is 13.9. The zero-order chi connectivity index (χ0) is 16.1. The van der Waals surface area contributed by atoms with Gasteiger partial charge < -0.3 is 15.4 Å². The van der Waals surface area contributed by atoms with E-state index in [9.17, 15) is 4.79 Å². The molecule has 1 aromatic carbocycles. The Hall–Kier alpha value is -0.620. The van der Waals surface area contributed by atoms with E-state index in [0.717, 1.165) is 43.0 Å². The van der Waals surface area contributed by atoms with Crippen LogP contribution in [-0.2, 0) is 14.9 Å². The third-order valence-electron chi connectivity index (χ3n) is 4.93. The monoisotopic (exact) mass is 416 g/mol. The first kappa shape index (κ1) is 19.7. The third kappa shape index (κ3) is 5.45. The van der Waals surface area contributed by atoms with Crippen LogP contribution in [0.15, 0.2) is 28.7 Å². The van der Waals surface area contributed by atoms with E-state index in [2.05, 4.69) is 44.8 Å². The van der Waals surface area contributed by atoms with E-state index >= 15 is 0 Å². The standard InChI is InChI=1S/C18H25BrN2O2.ClH/c19-16-3-1-2-15(10-16)18(6-8-23-9-7-18)13-21-17(22)12-20-11-14-4-5-14;/h1-3,10,14,20H,4-9,11-13H2,(H,21,22);1H. The topological polar surface area (TPSA) is 50.4 Å². The predicted octanol–water partition coefficient (Wildman–Crippen LogP) is 3.03. The predicted molar refractivity (Wildman–Crippen MR) is 102 cm³/mol. The number of hydrogen-bond donors (Lipinski definition) is 2. The van der Waals surface area contributed by atoms with Crippen molar-refractivity contribution in [1.29, 1.82) is 0 Å². The number of ether oxygens (including phenoxy) is 1. The van der Waals surface area contributed by atoms with Crippen LogP contribution in [0.25, 0.3) is 0 Å². The van der Waals surface area contributed by atoms with Crippen molar-refractivity contribution in [2.24, 2.45) is 5.92 Å². The van der Waals surface area contributed by atoms with E-state index in [-0.39, 0.29) is 23.7 Å². The van der Waals surface area contributed by atoms with E-state index in [1.807, 2.05) is 6.07 Å². The van der Waals surface area contributed by atoms with Crippen LogP contribution in [0.3, 0.4) is 0 Å². The molecule has 24 heavy (non-hydrogen) atoms. The van der Waals surface area contributed by atoms with Crippen LogP contribution in [0.5, 0.6) is 0 Å². The van der Waals surface area contributed by atoms with Crippen LogP contribution in [0.2, 0.25) is 0 Å². The van der Waals surface area contributed by atoms with E-state index in [0.29, 0.717) is 13.1 Å². The van der Waals surface area contributed by atoms with Crippen molar-refractivity contribution in [2.45, 2.75) is 31.1 Å². The summed E-state index contributed by atoms with van der Waals surface area (Å²) < 4.78 is 6.63. The van der Waals surface area contributed by atoms with Crippen molar-refractivity contribution in [3.05, 3.63) is 34.3 Å². The highest BCUT2D eigenvalue weighted by molar-refractivity contribution is 9.10. The van der Waals surface area contributed by atoms with E-state index in [4.69, 9.17) is 4.74 Å². The minimum absolute atomic E-state index is 0. The minimum Gasteiger partial charge on any atom is -0.381 e. The highest BCUT2D eigenvalue weighted by Gasteiger charge is 2.35. The molecule has 1 heterocycles. The van der Waals surface area contributed by atoms with Crippen LogP contribution < -0.4 is 10.6 Å². The summed E-state index contributed by atoms with van der Waals surface area (Å²) in [5.41, 5.74) is 1.26. The first-order valence-electron chi connectivity index (χ1n) is 8.49. The Labute approximate surface area is 158 Å². The molecule has 0 aromatic heterocycles. The van der Waals surface area contributed by atoms with E-state index in [1.165, 1.54) is 18.4 Å². The van der Waals surface area contributed by atoms with Gasteiger partial charge >= 0.3 is 0 Å². The number of nitrogens with one attached hydrogen (secondary N) is 2. The lowest BCUT2D eigenvalue weighted by atomic mass is 9.74. The molecule has 0 unspecified atom stereocenters. The third-order valence-corrected chi connectivity index (χ3v) is 5.42. The van der Waals surface area contributed by atoms with Gasteiger partial charge in [0.05, 0.1) is 6.54 Å². The van der Waals surface area contributed by atoms with Gasteiger partial charge in [0.1, 0.15) is 0 Å². The molecular formula is C18H26BrClN2O2. The maximum Gasteiger partial charge on any atom is 0.233 e. The zero-order valence-corrected chi connectivity index (χ0v) is 16.3. The number of carbonyl (C=O) groups is 1. The lowest BCUT2D eigenvalue weighted by Crippen LogP contribution is -2.46. The summed E-state index contributed by atoms with van der Waals surface area (Å²) in [6.45, 7) is 3.57. The molecule has 1 saturated heterocycles. The fourth-order valence-corrected chi connectivity index (χ4v) is 3.59. The normalized spacial score (nSPS) is 19.4. The molecule has 2 N–H and O–H groups in total. The Kier molecular flexibility index (Phi) is 7.54. The first-order valence-corrected chi connectivity index (χ1v) is 9.28. The molecule has 1 amide bonds. The fourth-order valence-electron chi connectivity index (χ4n) is 3.19. The molecule has 0 bridgehead atoms. The molecule has 0 spiro atoms. The fraction of sp³-hybridized carbons (Fsp3) is 0.611. The van der Waals surface area contributed by atoms with Gasteiger partial charge in [-0.2, -0.15) is 0 Å². The van der Waals surface area contributed by atoms with Crippen LogP contribution in [0.1, 0.15) is 31.2 Å². The second-order valence-corrected chi connectivity index (χ2v) is 7.67. The van der Waals surface area contributed by atoms with Gasteiger partial charge in [0.2, 0.25) is 5.91 Å². The molecule has 1 aliphatic carbocycles. The SMILES string of the molecule is Cl.O=C(CNCC1CC1)NCC1(c2cccc(Br)c2)CCOCC1. The maximum atomic E-state index is 12.1. The van der Waals surface area contributed by atoms with Gasteiger partial charge in [0.15, 0.2) is 0 Å². The van der Waals surface area contributed by atoms with Gasteiger partial charge in [0, 0.05) is 29.6 Å². The molecule has 4 nitrogen and oxygen atoms in total. The maximum absolute atomic E-state index is 12.1. The van der Waals surface area contributed by atoms with Crippen molar-refractivity contribution in [3.8, 4) is 0 Å². The van der Waals surface area contributed by atoms with Gasteiger partial charge in [-0.1, -0.05) is 28.1 Å². The minimum atomic E-state index is -0.0197. The quantitative estimate of drug-likeness (QED) is 0.717. The largest absolute Gasteiger partial charge is 0.381 e. The molecule has 0 radical (unpaired) electrons. The number of rotatable bonds is 7. The molecule has 6 heteroatoms. The number of hydrogen-bond acceptors (Lipinski definition) is 3. The summed E-state index contributed by atoms with van der Waals surface area (Å²) in [5.74, 6) is 0.887. The molecule has 1 aromatic rings. The Morgan fingerprint density at radius 1 is 1.29 bits per heavy atom. The van der Waals surface area contributed by atoms with Gasteiger partial charge in [-0.05, 0) is 55.8 Å².